The second kappa shape index (κ2) is 9.17. The van der Waals surface area contributed by atoms with Crippen molar-refractivity contribution in [3.8, 4) is 0 Å². The Hall–Kier alpha value is -2.41. The molecule has 1 aromatic carbocycles. The fourth-order valence-electron chi connectivity index (χ4n) is 2.85. The number of benzene rings is 1. The maximum absolute atomic E-state index is 12.2. The van der Waals surface area contributed by atoms with Gasteiger partial charge in [-0.15, -0.1) is 0 Å². The van der Waals surface area contributed by atoms with Crippen molar-refractivity contribution in [1.82, 2.24) is 0 Å². The molecule has 0 bridgehead atoms. The Bertz CT molecular complexity index is 602. The molecule has 25 heavy (non-hydrogen) atoms. The molecular formula is C18H25N2O5+. The summed E-state index contributed by atoms with van der Waals surface area (Å²) >= 11 is 0. The lowest BCUT2D eigenvalue weighted by atomic mass is 10.1. The topological polar surface area (TPSA) is 86.1 Å². The minimum Gasteiger partial charge on any atom is -0.462 e. The van der Waals surface area contributed by atoms with E-state index in [-0.39, 0.29) is 30.2 Å². The number of anilines is 1. The van der Waals surface area contributed by atoms with Gasteiger partial charge < -0.3 is 19.7 Å². The minimum absolute atomic E-state index is 0.146. The average molecular weight is 349 g/mol. The Morgan fingerprint density at radius 2 is 1.48 bits per heavy atom. The van der Waals surface area contributed by atoms with Crippen molar-refractivity contribution < 1.29 is 28.8 Å². The molecule has 1 saturated heterocycles. The van der Waals surface area contributed by atoms with Crippen LogP contribution in [0, 0.1) is 0 Å². The van der Waals surface area contributed by atoms with E-state index in [1.165, 1.54) is 23.1 Å². The highest BCUT2D eigenvalue weighted by Gasteiger charge is 2.20. The van der Waals surface area contributed by atoms with E-state index in [0.717, 1.165) is 25.9 Å². The number of esters is 2. The highest BCUT2D eigenvalue weighted by molar-refractivity contribution is 5.99. The zero-order chi connectivity index (χ0) is 18.2. The van der Waals surface area contributed by atoms with Crippen LogP contribution in [0.1, 0.15) is 47.4 Å². The van der Waals surface area contributed by atoms with Crippen molar-refractivity contribution in [3.05, 3.63) is 29.3 Å². The van der Waals surface area contributed by atoms with E-state index in [4.69, 9.17) is 9.47 Å². The standard InChI is InChI=1S/C18H24N2O5/c1-3-24-17(22)13-9-14(18(23)25-4-2)11-15(10-13)19-16(21)12-20-7-5-6-8-20/h9-11H,3-8,12H2,1-2H3,(H,19,21)/p+1. The van der Waals surface area contributed by atoms with Crippen molar-refractivity contribution >= 4 is 23.5 Å². The molecule has 2 N–H and O–H groups in total. The summed E-state index contributed by atoms with van der Waals surface area (Å²) in [7, 11) is 0. The second-order valence-corrected chi connectivity index (χ2v) is 5.92. The number of nitrogens with one attached hydrogen (secondary N) is 2. The fourth-order valence-corrected chi connectivity index (χ4v) is 2.85. The molecule has 1 aromatic rings. The molecule has 0 aliphatic carbocycles. The molecule has 2 rings (SSSR count). The van der Waals surface area contributed by atoms with Gasteiger partial charge in [0.05, 0.1) is 37.4 Å². The predicted molar refractivity (Wildman–Crippen MR) is 91.8 cm³/mol. The lowest BCUT2D eigenvalue weighted by Gasteiger charge is -2.13. The summed E-state index contributed by atoms with van der Waals surface area (Å²) in [4.78, 5) is 37.5. The molecule has 136 valence electrons. The van der Waals surface area contributed by atoms with Gasteiger partial charge in [-0.3, -0.25) is 4.79 Å². The van der Waals surface area contributed by atoms with Crippen LogP contribution in [0.25, 0.3) is 0 Å². The number of hydrogen-bond acceptors (Lipinski definition) is 5. The van der Waals surface area contributed by atoms with Gasteiger partial charge in [-0.05, 0) is 32.0 Å². The summed E-state index contributed by atoms with van der Waals surface area (Å²) in [5.74, 6) is -1.24. The van der Waals surface area contributed by atoms with E-state index >= 15 is 0 Å². The van der Waals surface area contributed by atoms with E-state index in [0.29, 0.717) is 12.2 Å². The molecule has 0 saturated carbocycles. The molecule has 0 spiro atoms. The van der Waals surface area contributed by atoms with Gasteiger partial charge in [0.25, 0.3) is 5.91 Å². The lowest BCUT2D eigenvalue weighted by molar-refractivity contribution is -0.878. The van der Waals surface area contributed by atoms with Gasteiger partial charge in [0, 0.05) is 18.5 Å². The average Bonchev–Trinajstić information content (AvgIpc) is 3.07. The van der Waals surface area contributed by atoms with Crippen molar-refractivity contribution in [2.45, 2.75) is 26.7 Å². The fraction of sp³-hybridized carbons (Fsp3) is 0.500. The first-order valence-corrected chi connectivity index (χ1v) is 8.66. The molecule has 7 nitrogen and oxygen atoms in total. The zero-order valence-electron chi connectivity index (χ0n) is 14.7. The molecule has 1 aliphatic heterocycles. The number of rotatable bonds is 7. The van der Waals surface area contributed by atoms with Crippen molar-refractivity contribution in [1.29, 1.82) is 0 Å². The highest BCUT2D eigenvalue weighted by atomic mass is 16.5. The number of carbonyl (C=O) groups is 3. The van der Waals surface area contributed by atoms with Crippen LogP contribution in [0.4, 0.5) is 5.69 Å². The normalized spacial score (nSPS) is 14.2. The van der Waals surface area contributed by atoms with Crippen LogP contribution in [0.15, 0.2) is 18.2 Å². The first-order valence-electron chi connectivity index (χ1n) is 8.66. The molecule has 7 heteroatoms. The maximum Gasteiger partial charge on any atom is 0.338 e. The molecule has 0 radical (unpaired) electrons. The quantitative estimate of drug-likeness (QED) is 0.706. The van der Waals surface area contributed by atoms with Crippen LogP contribution in [0.5, 0.6) is 0 Å². The number of likely N-dealkylation sites (tertiary alicyclic amines) is 1. The van der Waals surface area contributed by atoms with Gasteiger partial charge >= 0.3 is 11.9 Å². The Kier molecular flexibility index (Phi) is 6.94. The summed E-state index contributed by atoms with van der Waals surface area (Å²) in [5.41, 5.74) is 0.796. The van der Waals surface area contributed by atoms with E-state index < -0.39 is 11.9 Å². The molecule has 1 fully saturated rings. The third kappa shape index (κ3) is 5.56. The molecule has 1 heterocycles. The Labute approximate surface area is 147 Å². The Balaban J connectivity index is 2.17. The first kappa shape index (κ1) is 18.9. The Morgan fingerprint density at radius 3 is 1.96 bits per heavy atom. The van der Waals surface area contributed by atoms with Crippen LogP contribution in [0.2, 0.25) is 0 Å². The molecular weight excluding hydrogens is 324 g/mol. The Morgan fingerprint density at radius 1 is 0.960 bits per heavy atom. The largest absolute Gasteiger partial charge is 0.462 e. The number of amides is 1. The van der Waals surface area contributed by atoms with E-state index in [2.05, 4.69) is 5.32 Å². The van der Waals surface area contributed by atoms with Crippen LogP contribution >= 0.6 is 0 Å². The number of carbonyl (C=O) groups excluding carboxylic acids is 3. The summed E-state index contributed by atoms with van der Waals surface area (Å²) in [6.07, 6.45) is 2.27. The third-order valence-corrected chi connectivity index (χ3v) is 3.96. The predicted octanol–water partition coefficient (Wildman–Crippen LogP) is 0.657. The van der Waals surface area contributed by atoms with Crippen LogP contribution in [0.3, 0.4) is 0 Å². The second-order valence-electron chi connectivity index (χ2n) is 5.92. The molecule has 1 amide bonds. The van der Waals surface area contributed by atoms with Gasteiger partial charge in [-0.1, -0.05) is 0 Å². The van der Waals surface area contributed by atoms with Crippen LogP contribution in [-0.2, 0) is 14.3 Å². The van der Waals surface area contributed by atoms with Crippen molar-refractivity contribution in [2.75, 3.05) is 38.2 Å². The van der Waals surface area contributed by atoms with Crippen molar-refractivity contribution in [2.24, 2.45) is 0 Å². The van der Waals surface area contributed by atoms with Gasteiger partial charge in [0.2, 0.25) is 0 Å². The van der Waals surface area contributed by atoms with E-state index in [1.54, 1.807) is 13.8 Å². The minimum atomic E-state index is -0.547. The smallest absolute Gasteiger partial charge is 0.338 e. The number of quaternary nitrogens is 1. The van der Waals surface area contributed by atoms with Crippen LogP contribution in [-0.4, -0.2) is 50.7 Å². The first-order chi connectivity index (χ1) is 12.0. The van der Waals surface area contributed by atoms with Crippen molar-refractivity contribution in [3.63, 3.8) is 0 Å². The van der Waals surface area contributed by atoms with E-state index in [9.17, 15) is 14.4 Å². The number of hydrogen-bond donors (Lipinski definition) is 2. The lowest BCUT2D eigenvalue weighted by Crippen LogP contribution is -3.11. The SMILES string of the molecule is CCOC(=O)c1cc(NC(=O)C[NH+]2CCCC2)cc(C(=O)OCC)c1. The summed E-state index contributed by atoms with van der Waals surface area (Å²) in [6, 6.07) is 4.44. The van der Waals surface area contributed by atoms with Gasteiger partial charge in [-0.25, -0.2) is 9.59 Å². The third-order valence-electron chi connectivity index (χ3n) is 3.96. The zero-order valence-corrected chi connectivity index (χ0v) is 14.7. The molecule has 1 aliphatic rings. The molecule has 0 unspecified atom stereocenters. The maximum atomic E-state index is 12.2. The van der Waals surface area contributed by atoms with Gasteiger partial charge in [0.15, 0.2) is 6.54 Å². The van der Waals surface area contributed by atoms with E-state index in [1.807, 2.05) is 0 Å². The van der Waals surface area contributed by atoms with Gasteiger partial charge in [-0.2, -0.15) is 0 Å². The summed E-state index contributed by atoms with van der Waals surface area (Å²) in [6.45, 7) is 6.21. The number of ether oxygens (including phenoxy) is 2. The summed E-state index contributed by atoms with van der Waals surface area (Å²) in [5, 5.41) is 2.77. The molecule has 0 atom stereocenters. The monoisotopic (exact) mass is 349 g/mol. The van der Waals surface area contributed by atoms with Crippen LogP contribution < -0.4 is 10.2 Å². The van der Waals surface area contributed by atoms with Gasteiger partial charge in [0.1, 0.15) is 0 Å². The summed E-state index contributed by atoms with van der Waals surface area (Å²) < 4.78 is 9.96. The molecule has 0 aromatic heterocycles. The highest BCUT2D eigenvalue weighted by Crippen LogP contribution is 2.17.